The molecule has 7 bridgehead atoms. The molecule has 5 saturated carbocycles. The maximum Gasteiger partial charge on any atom is 0.303 e. The Balaban J connectivity index is 1.47. The van der Waals surface area contributed by atoms with E-state index < -0.39 is 0 Å². The van der Waals surface area contributed by atoms with Crippen LogP contribution in [0, 0.1) is 34.0 Å². The molecule has 4 heterocycles. The summed E-state index contributed by atoms with van der Waals surface area (Å²) >= 11 is 0. The highest BCUT2D eigenvalue weighted by Crippen LogP contribution is 2.79. The van der Waals surface area contributed by atoms with Crippen LogP contribution in [0.25, 0.3) is 0 Å². The predicted octanol–water partition coefficient (Wildman–Crippen LogP) is 3.48. The highest BCUT2D eigenvalue weighted by molar-refractivity contribution is 5.66. The van der Waals surface area contributed by atoms with Crippen LogP contribution < -0.4 is 0 Å². The zero-order valence-corrected chi connectivity index (χ0v) is 17.7. The van der Waals surface area contributed by atoms with E-state index in [1.807, 2.05) is 0 Å². The number of fused-ring (bicyclic) bond motifs is 4. The Morgan fingerprint density at radius 3 is 2.93 bits per heavy atom. The lowest BCUT2D eigenvalue weighted by Gasteiger charge is -2.80. The molecule has 5 nitrogen and oxygen atoms in total. The van der Waals surface area contributed by atoms with Gasteiger partial charge in [0.15, 0.2) is 0 Å². The maximum absolute atomic E-state index is 12.3. The number of esters is 1. The lowest BCUT2D eigenvalue weighted by atomic mass is 9.32. The van der Waals surface area contributed by atoms with Gasteiger partial charge in [-0.25, -0.2) is 4.90 Å². The third-order valence-corrected chi connectivity index (χ3v) is 10.6. The fraction of sp³-hybridized carbons (Fsp3) is 0.875. The summed E-state index contributed by atoms with van der Waals surface area (Å²) in [5.41, 5.74) is 1.66. The van der Waals surface area contributed by atoms with Crippen LogP contribution in [0.3, 0.4) is 0 Å². The van der Waals surface area contributed by atoms with E-state index in [2.05, 4.69) is 18.4 Å². The first kappa shape index (κ1) is 17.7. The average Bonchev–Trinajstić information content (AvgIpc) is 3.17. The molecule has 9 fully saturated rings. The van der Waals surface area contributed by atoms with Gasteiger partial charge in [0.25, 0.3) is 0 Å². The maximum atomic E-state index is 12.3. The quantitative estimate of drug-likeness (QED) is 0.499. The molecule has 0 amide bonds. The number of nitrogens with zero attached hydrogens (tertiary/aromatic N) is 1. The van der Waals surface area contributed by atoms with E-state index in [0.717, 1.165) is 26.0 Å². The van der Waals surface area contributed by atoms with Gasteiger partial charge < -0.3 is 14.2 Å². The summed E-state index contributed by atoms with van der Waals surface area (Å²) in [6.45, 7) is 10.2. The first-order chi connectivity index (χ1) is 13.9. The minimum atomic E-state index is -0.160. The summed E-state index contributed by atoms with van der Waals surface area (Å²) < 4.78 is 19.6. The van der Waals surface area contributed by atoms with Gasteiger partial charge in [0.05, 0.1) is 6.61 Å². The van der Waals surface area contributed by atoms with Gasteiger partial charge in [-0.15, -0.1) is 0 Å². The van der Waals surface area contributed by atoms with Crippen molar-refractivity contribution in [2.75, 3.05) is 13.2 Å². The third kappa shape index (κ3) is 1.77. The van der Waals surface area contributed by atoms with Crippen LogP contribution in [0.15, 0.2) is 12.2 Å². The molecular formula is C24H33NO4. The summed E-state index contributed by atoms with van der Waals surface area (Å²) in [6, 6.07) is 0. The molecule has 0 aromatic heterocycles. The van der Waals surface area contributed by atoms with Gasteiger partial charge in [-0.3, -0.25) is 4.79 Å². The van der Waals surface area contributed by atoms with E-state index in [1.54, 1.807) is 6.92 Å². The van der Waals surface area contributed by atoms with Crippen LogP contribution in [-0.4, -0.2) is 48.7 Å². The van der Waals surface area contributed by atoms with Crippen LogP contribution in [-0.2, 0) is 19.0 Å². The number of hydrogen-bond acceptors (Lipinski definition) is 5. The van der Waals surface area contributed by atoms with Crippen molar-refractivity contribution in [2.24, 2.45) is 34.0 Å². The summed E-state index contributed by atoms with van der Waals surface area (Å²) in [6.07, 6.45) is 8.49. The molecule has 9 rings (SSSR count). The normalized spacial score (nSPS) is 59.4. The number of hydrogen-bond donors (Lipinski definition) is 0. The smallest absolute Gasteiger partial charge is 0.303 e. The second kappa shape index (κ2) is 5.28. The van der Waals surface area contributed by atoms with Gasteiger partial charge in [0, 0.05) is 35.6 Å². The Bertz CT molecular complexity index is 813. The second-order valence-electron chi connectivity index (χ2n) is 11.5. The van der Waals surface area contributed by atoms with Crippen molar-refractivity contribution in [1.29, 1.82) is 0 Å². The molecule has 4 aliphatic heterocycles. The van der Waals surface area contributed by atoms with Crippen LogP contribution >= 0.6 is 0 Å². The van der Waals surface area contributed by atoms with Crippen LogP contribution in [0.2, 0.25) is 0 Å². The number of carbonyl (C=O) groups is 1. The SMILES string of the molecule is C=C1CC23CCC1CC2C12CCCC4(C)C5OCCN5C1OC3C(OC(C)=O)C42. The Labute approximate surface area is 173 Å². The van der Waals surface area contributed by atoms with Gasteiger partial charge in [-0.05, 0) is 50.4 Å². The second-order valence-corrected chi connectivity index (χ2v) is 11.5. The zero-order chi connectivity index (χ0) is 19.8. The molecule has 5 heteroatoms. The molecule has 9 aliphatic rings. The Kier molecular flexibility index (Phi) is 3.23. The van der Waals surface area contributed by atoms with E-state index in [0.29, 0.717) is 17.8 Å². The van der Waals surface area contributed by atoms with Crippen molar-refractivity contribution in [1.82, 2.24) is 4.90 Å². The molecule has 0 aromatic rings. The average molecular weight is 400 g/mol. The minimum absolute atomic E-state index is 0.00486. The van der Waals surface area contributed by atoms with Gasteiger partial charge in [-0.1, -0.05) is 25.5 Å². The molecule has 0 N–H and O–H groups in total. The number of carbonyl (C=O) groups excluding carboxylic acids is 1. The molecule has 10 unspecified atom stereocenters. The van der Waals surface area contributed by atoms with Crippen LogP contribution in [0.1, 0.15) is 58.8 Å². The van der Waals surface area contributed by atoms with Gasteiger partial charge in [0.1, 0.15) is 24.7 Å². The Morgan fingerprint density at radius 1 is 1.28 bits per heavy atom. The highest BCUT2D eigenvalue weighted by Gasteiger charge is 2.82. The largest absolute Gasteiger partial charge is 0.459 e. The molecular weight excluding hydrogens is 366 g/mol. The minimum Gasteiger partial charge on any atom is -0.459 e. The van der Waals surface area contributed by atoms with Crippen LogP contribution in [0.4, 0.5) is 0 Å². The van der Waals surface area contributed by atoms with E-state index in [9.17, 15) is 4.79 Å². The molecule has 158 valence electrons. The third-order valence-electron chi connectivity index (χ3n) is 10.6. The van der Waals surface area contributed by atoms with Gasteiger partial charge >= 0.3 is 5.97 Å². The van der Waals surface area contributed by atoms with E-state index in [4.69, 9.17) is 14.2 Å². The number of rotatable bonds is 1. The Hall–Kier alpha value is -0.910. The molecule has 4 saturated heterocycles. The molecule has 0 aromatic carbocycles. The monoisotopic (exact) mass is 399 g/mol. The standard InChI is InChI=1S/C24H33NO4/c1-13-12-23-8-5-15(13)11-16(23)24-7-4-6-22(3)18(24)17(28-14(2)26)19(23)29-21(24)25-9-10-27-20(22)25/h15-21H,1,4-12H2,2-3H3. The topological polar surface area (TPSA) is 48.0 Å². The zero-order valence-electron chi connectivity index (χ0n) is 17.7. The number of piperidine rings is 1. The van der Waals surface area contributed by atoms with Crippen molar-refractivity contribution in [3.63, 3.8) is 0 Å². The summed E-state index contributed by atoms with van der Waals surface area (Å²) in [7, 11) is 0. The number of ether oxygens (including phenoxy) is 3. The molecule has 5 aliphatic carbocycles. The Morgan fingerprint density at radius 2 is 2.14 bits per heavy atom. The van der Waals surface area contributed by atoms with Crippen molar-refractivity contribution in [3.05, 3.63) is 12.2 Å². The van der Waals surface area contributed by atoms with Crippen LogP contribution in [0.5, 0.6) is 0 Å². The summed E-state index contributed by atoms with van der Waals surface area (Å²) in [5, 5.41) is 0. The lowest BCUT2D eigenvalue weighted by molar-refractivity contribution is -0.438. The molecule has 2 spiro atoms. The van der Waals surface area contributed by atoms with Gasteiger partial charge in [0.2, 0.25) is 0 Å². The first-order valence-corrected chi connectivity index (χ1v) is 11.8. The number of allylic oxidation sites excluding steroid dienone is 1. The van der Waals surface area contributed by atoms with E-state index in [1.165, 1.54) is 37.7 Å². The fourth-order valence-corrected chi connectivity index (χ4v) is 10.1. The summed E-state index contributed by atoms with van der Waals surface area (Å²) in [5.74, 6) is 1.54. The molecule has 10 atom stereocenters. The first-order valence-electron chi connectivity index (χ1n) is 11.8. The fourth-order valence-electron chi connectivity index (χ4n) is 10.1. The molecule has 0 radical (unpaired) electrons. The van der Waals surface area contributed by atoms with Crippen molar-refractivity contribution >= 4 is 5.97 Å². The van der Waals surface area contributed by atoms with Gasteiger partial charge in [-0.2, -0.15) is 0 Å². The van der Waals surface area contributed by atoms with E-state index in [-0.39, 0.29) is 46.9 Å². The summed E-state index contributed by atoms with van der Waals surface area (Å²) in [4.78, 5) is 14.9. The highest BCUT2D eigenvalue weighted by atomic mass is 16.6. The molecule has 29 heavy (non-hydrogen) atoms. The lowest BCUT2D eigenvalue weighted by Crippen LogP contribution is -2.85. The van der Waals surface area contributed by atoms with Crippen molar-refractivity contribution in [2.45, 2.75) is 83.5 Å². The predicted molar refractivity (Wildman–Crippen MR) is 106 cm³/mol. The van der Waals surface area contributed by atoms with Crippen molar-refractivity contribution in [3.8, 4) is 0 Å². The van der Waals surface area contributed by atoms with E-state index >= 15 is 0 Å². The van der Waals surface area contributed by atoms with Crippen molar-refractivity contribution < 1.29 is 19.0 Å².